The van der Waals surface area contributed by atoms with Crippen molar-refractivity contribution in [2.75, 3.05) is 23.3 Å². The summed E-state index contributed by atoms with van der Waals surface area (Å²) >= 11 is 0. The van der Waals surface area contributed by atoms with Gasteiger partial charge in [0.25, 0.3) is 0 Å². The Balaban J connectivity index is 1.51. The van der Waals surface area contributed by atoms with E-state index in [4.69, 9.17) is 0 Å². The van der Waals surface area contributed by atoms with Gasteiger partial charge in [0.2, 0.25) is 5.91 Å². The highest BCUT2D eigenvalue weighted by Gasteiger charge is 2.16. The van der Waals surface area contributed by atoms with Crippen LogP contribution in [0.2, 0.25) is 0 Å². The molecule has 24 heavy (non-hydrogen) atoms. The number of nitrogens with zero attached hydrogens (tertiary/aromatic N) is 2. The van der Waals surface area contributed by atoms with Crippen LogP contribution in [0.1, 0.15) is 31.7 Å². The van der Waals surface area contributed by atoms with Gasteiger partial charge in [-0.2, -0.15) is 0 Å². The Labute approximate surface area is 143 Å². The van der Waals surface area contributed by atoms with Crippen LogP contribution in [-0.2, 0) is 11.2 Å². The van der Waals surface area contributed by atoms with E-state index in [0.717, 1.165) is 31.1 Å². The average molecular weight is 323 g/mol. The molecule has 2 aromatic rings. The van der Waals surface area contributed by atoms with Gasteiger partial charge in [-0.05, 0) is 42.9 Å². The zero-order valence-electron chi connectivity index (χ0n) is 14.2. The van der Waals surface area contributed by atoms with Crippen molar-refractivity contribution in [2.24, 2.45) is 5.92 Å². The smallest absolute Gasteiger partial charge is 0.225 e. The average Bonchev–Trinajstić information content (AvgIpc) is 2.61. The molecule has 1 aliphatic rings. The number of amides is 1. The molecule has 126 valence electrons. The van der Waals surface area contributed by atoms with Gasteiger partial charge in [-0.15, -0.1) is 0 Å². The molecule has 2 heterocycles. The third-order valence-corrected chi connectivity index (χ3v) is 4.52. The molecule has 1 aliphatic heterocycles. The number of pyridine rings is 1. The lowest BCUT2D eigenvalue weighted by Gasteiger charge is -2.32. The third kappa shape index (κ3) is 4.57. The maximum Gasteiger partial charge on any atom is 0.225 e. The van der Waals surface area contributed by atoms with Crippen molar-refractivity contribution in [2.45, 2.75) is 32.6 Å². The van der Waals surface area contributed by atoms with E-state index in [0.29, 0.717) is 12.2 Å². The van der Waals surface area contributed by atoms with Gasteiger partial charge < -0.3 is 10.2 Å². The van der Waals surface area contributed by atoms with Crippen LogP contribution in [-0.4, -0.2) is 24.0 Å². The normalized spacial score (nSPS) is 17.5. The fraction of sp³-hybridized carbons (Fsp3) is 0.400. The minimum atomic E-state index is 0.00528. The van der Waals surface area contributed by atoms with Crippen LogP contribution < -0.4 is 10.2 Å². The number of carbonyl (C=O) groups excluding carboxylic acids is 1. The number of carbonyl (C=O) groups is 1. The van der Waals surface area contributed by atoms with Crippen molar-refractivity contribution < 1.29 is 4.79 Å². The summed E-state index contributed by atoms with van der Waals surface area (Å²) in [7, 11) is 0. The van der Waals surface area contributed by atoms with E-state index in [2.05, 4.69) is 28.2 Å². The molecule has 1 amide bonds. The van der Waals surface area contributed by atoms with Crippen molar-refractivity contribution in [3.05, 3.63) is 54.2 Å². The van der Waals surface area contributed by atoms with Gasteiger partial charge in [0.1, 0.15) is 5.82 Å². The first kappa shape index (κ1) is 16.5. The van der Waals surface area contributed by atoms with Gasteiger partial charge in [-0.25, -0.2) is 4.98 Å². The minimum absolute atomic E-state index is 0.00528. The first-order chi connectivity index (χ1) is 11.7. The van der Waals surface area contributed by atoms with E-state index >= 15 is 0 Å². The molecule has 0 saturated carbocycles. The summed E-state index contributed by atoms with van der Waals surface area (Å²) < 4.78 is 0. The largest absolute Gasteiger partial charge is 0.370 e. The number of piperidine rings is 1. The molecule has 1 aromatic carbocycles. The number of benzene rings is 1. The molecule has 0 aliphatic carbocycles. The van der Waals surface area contributed by atoms with Crippen LogP contribution in [0.3, 0.4) is 0 Å². The highest BCUT2D eigenvalue weighted by molar-refractivity contribution is 5.89. The predicted molar refractivity (Wildman–Crippen MR) is 98.2 cm³/mol. The molecular weight excluding hydrogens is 298 g/mol. The standard InChI is InChI=1S/C20H25N3O/c1-16-6-5-13-23(15-16)18-10-11-19(21-14-18)22-20(24)12-9-17-7-3-2-4-8-17/h2-4,7-8,10-11,14,16H,5-6,9,12-13,15H2,1H3,(H,21,22,24). The Hall–Kier alpha value is -2.36. The third-order valence-electron chi connectivity index (χ3n) is 4.52. The summed E-state index contributed by atoms with van der Waals surface area (Å²) in [5.41, 5.74) is 2.32. The molecular formula is C20H25N3O. The van der Waals surface area contributed by atoms with Crippen LogP contribution in [0.15, 0.2) is 48.7 Å². The number of aryl methyl sites for hydroxylation is 1. The van der Waals surface area contributed by atoms with Crippen molar-refractivity contribution >= 4 is 17.4 Å². The van der Waals surface area contributed by atoms with Gasteiger partial charge in [-0.3, -0.25) is 4.79 Å². The Bertz CT molecular complexity index is 654. The lowest BCUT2D eigenvalue weighted by molar-refractivity contribution is -0.116. The number of nitrogens with one attached hydrogen (secondary N) is 1. The Morgan fingerprint density at radius 1 is 1.25 bits per heavy atom. The van der Waals surface area contributed by atoms with Crippen LogP contribution in [0.25, 0.3) is 0 Å². The van der Waals surface area contributed by atoms with E-state index in [1.165, 1.54) is 18.4 Å². The molecule has 0 spiro atoms. The highest BCUT2D eigenvalue weighted by atomic mass is 16.1. The number of hydrogen-bond acceptors (Lipinski definition) is 3. The van der Waals surface area contributed by atoms with Crippen LogP contribution in [0, 0.1) is 5.92 Å². The quantitative estimate of drug-likeness (QED) is 0.908. The summed E-state index contributed by atoms with van der Waals surface area (Å²) in [6.07, 6.45) is 5.62. The van der Waals surface area contributed by atoms with Crippen LogP contribution >= 0.6 is 0 Å². The van der Waals surface area contributed by atoms with E-state index in [9.17, 15) is 4.79 Å². The van der Waals surface area contributed by atoms with E-state index in [-0.39, 0.29) is 5.91 Å². The molecule has 3 rings (SSSR count). The van der Waals surface area contributed by atoms with Gasteiger partial charge in [0.15, 0.2) is 0 Å². The Kier molecular flexibility index (Phi) is 5.47. The monoisotopic (exact) mass is 323 g/mol. The van der Waals surface area contributed by atoms with Crippen molar-refractivity contribution in [1.82, 2.24) is 4.98 Å². The van der Waals surface area contributed by atoms with E-state index < -0.39 is 0 Å². The zero-order chi connectivity index (χ0) is 16.8. The molecule has 1 N–H and O–H groups in total. The highest BCUT2D eigenvalue weighted by Crippen LogP contribution is 2.23. The summed E-state index contributed by atoms with van der Waals surface area (Å²) in [5.74, 6) is 1.36. The molecule has 0 radical (unpaired) electrons. The topological polar surface area (TPSA) is 45.2 Å². The fourth-order valence-electron chi connectivity index (χ4n) is 3.18. The molecule has 1 saturated heterocycles. The SMILES string of the molecule is CC1CCCN(c2ccc(NC(=O)CCc3ccccc3)nc2)C1. The van der Waals surface area contributed by atoms with E-state index in [1.54, 1.807) is 0 Å². The number of rotatable bonds is 5. The number of aromatic nitrogens is 1. The first-order valence-electron chi connectivity index (χ1n) is 8.75. The molecule has 1 atom stereocenters. The van der Waals surface area contributed by atoms with Gasteiger partial charge in [0.05, 0.1) is 11.9 Å². The minimum Gasteiger partial charge on any atom is -0.370 e. The number of hydrogen-bond donors (Lipinski definition) is 1. The predicted octanol–water partition coefficient (Wildman–Crippen LogP) is 3.89. The van der Waals surface area contributed by atoms with Crippen LogP contribution in [0.5, 0.6) is 0 Å². The zero-order valence-corrected chi connectivity index (χ0v) is 14.2. The first-order valence-corrected chi connectivity index (χ1v) is 8.75. The maximum absolute atomic E-state index is 12.1. The summed E-state index contributed by atoms with van der Waals surface area (Å²) in [4.78, 5) is 18.8. The van der Waals surface area contributed by atoms with Gasteiger partial charge in [-0.1, -0.05) is 37.3 Å². The Morgan fingerprint density at radius 2 is 2.08 bits per heavy atom. The molecule has 1 aromatic heterocycles. The molecule has 1 unspecified atom stereocenters. The Morgan fingerprint density at radius 3 is 2.79 bits per heavy atom. The molecule has 4 heteroatoms. The van der Waals surface area contributed by atoms with Gasteiger partial charge >= 0.3 is 0 Å². The van der Waals surface area contributed by atoms with Crippen molar-refractivity contribution in [3.8, 4) is 0 Å². The van der Waals surface area contributed by atoms with Crippen molar-refractivity contribution in [1.29, 1.82) is 0 Å². The van der Waals surface area contributed by atoms with E-state index in [1.807, 2.05) is 42.6 Å². The summed E-state index contributed by atoms with van der Waals surface area (Å²) in [5, 5.41) is 2.88. The van der Waals surface area contributed by atoms with Crippen LogP contribution in [0.4, 0.5) is 11.5 Å². The molecule has 1 fully saturated rings. The second-order valence-corrected chi connectivity index (χ2v) is 6.63. The fourth-order valence-corrected chi connectivity index (χ4v) is 3.18. The lowest BCUT2D eigenvalue weighted by Crippen LogP contribution is -2.34. The number of anilines is 2. The maximum atomic E-state index is 12.1. The second-order valence-electron chi connectivity index (χ2n) is 6.63. The molecule has 0 bridgehead atoms. The lowest BCUT2D eigenvalue weighted by atomic mass is 10.00. The van der Waals surface area contributed by atoms with Crippen molar-refractivity contribution in [3.63, 3.8) is 0 Å². The second kappa shape index (κ2) is 7.95. The summed E-state index contributed by atoms with van der Waals surface area (Å²) in [6, 6.07) is 14.0. The molecule has 4 nitrogen and oxygen atoms in total. The van der Waals surface area contributed by atoms with Gasteiger partial charge in [0, 0.05) is 19.5 Å². The summed E-state index contributed by atoms with van der Waals surface area (Å²) in [6.45, 7) is 4.47.